The van der Waals surface area contributed by atoms with Gasteiger partial charge in [-0.1, -0.05) is 54.1 Å². The van der Waals surface area contributed by atoms with Crippen molar-refractivity contribution < 1.29 is 31.9 Å². The third kappa shape index (κ3) is 6.28. The average molecular weight is 650 g/mol. The van der Waals surface area contributed by atoms with E-state index in [0.717, 1.165) is 22.3 Å². The highest BCUT2D eigenvalue weighted by molar-refractivity contribution is 7.89. The Bertz CT molecular complexity index is 1710. The maximum absolute atomic E-state index is 14.4. The minimum absolute atomic E-state index is 0.0358. The van der Waals surface area contributed by atoms with E-state index in [1.54, 1.807) is 62.1 Å². The Hall–Kier alpha value is -3.80. The maximum atomic E-state index is 14.4. The Morgan fingerprint density at radius 2 is 1.59 bits per heavy atom. The van der Waals surface area contributed by atoms with Crippen LogP contribution < -0.4 is 0 Å². The number of piperazine rings is 1. The highest BCUT2D eigenvalue weighted by atomic mass is 32.2. The number of halogens is 1. The van der Waals surface area contributed by atoms with Gasteiger partial charge in [0.1, 0.15) is 17.5 Å². The van der Waals surface area contributed by atoms with Gasteiger partial charge in [-0.2, -0.15) is 4.31 Å². The molecule has 0 aliphatic carbocycles. The largest absolute Gasteiger partial charge is 0.444 e. The summed E-state index contributed by atoms with van der Waals surface area (Å²) in [4.78, 5) is 31.2. The molecule has 2 fully saturated rings. The zero-order valence-electron chi connectivity index (χ0n) is 26.6. The number of hydrogen-bond acceptors (Lipinski definition) is 6. The van der Waals surface area contributed by atoms with Crippen molar-refractivity contribution in [3.8, 4) is 0 Å². The normalized spacial score (nSPS) is 23.8. The molecule has 0 N–H and O–H groups in total. The van der Waals surface area contributed by atoms with Crippen LogP contribution in [0, 0.1) is 12.7 Å². The van der Waals surface area contributed by atoms with Crippen LogP contribution >= 0.6 is 0 Å². The summed E-state index contributed by atoms with van der Waals surface area (Å²) in [6, 6.07) is 18.9. The molecule has 2 amide bonds. The predicted molar refractivity (Wildman–Crippen MR) is 170 cm³/mol. The Morgan fingerprint density at radius 1 is 0.891 bits per heavy atom. The predicted octanol–water partition coefficient (Wildman–Crippen LogP) is 5.08. The number of fused-ring (bicyclic) bond motifs is 2. The lowest BCUT2D eigenvalue weighted by molar-refractivity contribution is -0.156. The van der Waals surface area contributed by atoms with Gasteiger partial charge in [0.05, 0.1) is 29.6 Å². The lowest BCUT2D eigenvalue weighted by Gasteiger charge is -2.50. The van der Waals surface area contributed by atoms with Crippen molar-refractivity contribution in [1.82, 2.24) is 14.1 Å². The summed E-state index contributed by atoms with van der Waals surface area (Å²) in [5.74, 6) is -0.640. The van der Waals surface area contributed by atoms with Crippen molar-refractivity contribution in [2.45, 2.75) is 75.3 Å². The highest BCUT2D eigenvalue weighted by Gasteiger charge is 2.50. The number of hydrogen-bond donors (Lipinski definition) is 0. The molecule has 0 spiro atoms. The van der Waals surface area contributed by atoms with E-state index >= 15 is 0 Å². The van der Waals surface area contributed by atoms with Crippen molar-refractivity contribution in [3.63, 3.8) is 0 Å². The molecule has 0 unspecified atom stereocenters. The van der Waals surface area contributed by atoms with E-state index in [2.05, 4.69) is 0 Å². The summed E-state index contributed by atoms with van der Waals surface area (Å²) in [5.41, 5.74) is 3.03. The van der Waals surface area contributed by atoms with Gasteiger partial charge in [-0.25, -0.2) is 17.6 Å². The molecule has 3 aliphatic rings. The Kier molecular flexibility index (Phi) is 8.69. The number of carbonyl (C=O) groups excluding carboxylic acids is 2. The average Bonchev–Trinajstić information content (AvgIpc) is 3.03. The molecule has 0 saturated carbocycles. The fourth-order valence-electron chi connectivity index (χ4n) is 6.77. The van der Waals surface area contributed by atoms with Crippen LogP contribution in [-0.4, -0.2) is 84.6 Å². The molecule has 46 heavy (non-hydrogen) atoms. The van der Waals surface area contributed by atoms with Gasteiger partial charge in [-0.15, -0.1) is 0 Å². The lowest BCUT2D eigenvalue weighted by Crippen LogP contribution is -2.67. The Balaban J connectivity index is 1.33. The van der Waals surface area contributed by atoms with Crippen molar-refractivity contribution in [3.05, 3.63) is 101 Å². The standard InChI is InChI=1S/C35H40FN3O6S/c1-23-9-15-27(16-10-23)46(42,43)39-20-19-37(34(41)45-35(2,3)4)30-22-44-31(21-29(30)39)33(40)38-18-17-24-7-5-6-8-28(24)32(38)25-11-13-26(36)14-12-25/h5-16,29-32H,17-22H2,1-4H3/t29-,30-,31+,32-/m0/s1. The van der Waals surface area contributed by atoms with Crippen molar-refractivity contribution in [1.29, 1.82) is 0 Å². The molecule has 9 nitrogen and oxygen atoms in total. The third-order valence-corrected chi connectivity index (χ3v) is 10.9. The first-order valence-corrected chi connectivity index (χ1v) is 17.1. The third-order valence-electron chi connectivity index (χ3n) is 8.98. The van der Waals surface area contributed by atoms with Crippen LogP contribution in [0.15, 0.2) is 77.7 Å². The summed E-state index contributed by atoms with van der Waals surface area (Å²) < 4.78 is 55.4. The molecule has 0 radical (unpaired) electrons. The van der Waals surface area contributed by atoms with Gasteiger partial charge >= 0.3 is 6.09 Å². The van der Waals surface area contributed by atoms with Gasteiger partial charge in [-0.3, -0.25) is 9.69 Å². The van der Waals surface area contributed by atoms with Crippen LogP contribution in [0.2, 0.25) is 0 Å². The molecule has 11 heteroatoms. The molecule has 6 rings (SSSR count). The Morgan fingerprint density at radius 3 is 2.28 bits per heavy atom. The quantitative estimate of drug-likeness (QED) is 0.392. The van der Waals surface area contributed by atoms with E-state index in [9.17, 15) is 22.4 Å². The Labute approximate surface area is 269 Å². The number of aryl methyl sites for hydroxylation is 1. The van der Waals surface area contributed by atoms with Gasteiger partial charge in [0.25, 0.3) is 5.91 Å². The molecular formula is C35H40FN3O6S. The van der Waals surface area contributed by atoms with E-state index in [4.69, 9.17) is 9.47 Å². The maximum Gasteiger partial charge on any atom is 0.410 e. The van der Waals surface area contributed by atoms with Gasteiger partial charge < -0.3 is 14.4 Å². The molecule has 0 aromatic heterocycles. The second-order valence-electron chi connectivity index (χ2n) is 13.2. The monoisotopic (exact) mass is 649 g/mol. The number of rotatable bonds is 4. The minimum Gasteiger partial charge on any atom is -0.444 e. The van der Waals surface area contributed by atoms with E-state index in [1.807, 2.05) is 31.2 Å². The van der Waals surface area contributed by atoms with E-state index in [-0.39, 0.29) is 42.7 Å². The number of nitrogens with zero attached hydrogens (tertiary/aromatic N) is 3. The van der Waals surface area contributed by atoms with Crippen LogP contribution in [0.1, 0.15) is 55.5 Å². The van der Waals surface area contributed by atoms with Gasteiger partial charge in [0.15, 0.2) is 0 Å². The van der Waals surface area contributed by atoms with Crippen LogP contribution in [0.5, 0.6) is 0 Å². The topological polar surface area (TPSA) is 96.5 Å². The van der Waals surface area contributed by atoms with E-state index in [1.165, 1.54) is 21.3 Å². The zero-order valence-corrected chi connectivity index (χ0v) is 27.4. The summed E-state index contributed by atoms with van der Waals surface area (Å²) in [7, 11) is -3.97. The number of ether oxygens (including phenoxy) is 2. The summed E-state index contributed by atoms with van der Waals surface area (Å²) >= 11 is 0. The molecule has 3 aromatic rings. The SMILES string of the molecule is Cc1ccc(S(=O)(=O)N2CCN(C(=O)OC(C)(C)C)[C@H]3CO[C@@H](C(=O)N4CCc5ccccc5[C@@H]4c4ccc(F)cc4)C[C@@H]32)cc1. The number of carbonyl (C=O) groups is 2. The molecule has 3 aromatic carbocycles. The van der Waals surface area contributed by atoms with Gasteiger partial charge in [-0.05, 0) is 75.1 Å². The van der Waals surface area contributed by atoms with Crippen molar-refractivity contribution in [2.75, 3.05) is 26.2 Å². The summed E-state index contributed by atoms with van der Waals surface area (Å²) in [5, 5.41) is 0. The molecule has 4 atom stereocenters. The van der Waals surface area contributed by atoms with Crippen molar-refractivity contribution >= 4 is 22.0 Å². The molecule has 244 valence electrons. The molecule has 2 saturated heterocycles. The molecular weight excluding hydrogens is 609 g/mol. The number of amides is 2. The first kappa shape index (κ1) is 32.2. The minimum atomic E-state index is -3.97. The highest BCUT2D eigenvalue weighted by Crippen LogP contribution is 2.38. The van der Waals surface area contributed by atoms with Crippen LogP contribution in [-0.2, 0) is 30.7 Å². The molecule has 3 heterocycles. The summed E-state index contributed by atoms with van der Waals surface area (Å²) in [6.07, 6.45) is -0.808. The van der Waals surface area contributed by atoms with Gasteiger partial charge in [0, 0.05) is 26.1 Å². The van der Waals surface area contributed by atoms with Crippen LogP contribution in [0.25, 0.3) is 0 Å². The smallest absolute Gasteiger partial charge is 0.410 e. The van der Waals surface area contributed by atoms with Gasteiger partial charge in [0.2, 0.25) is 10.0 Å². The van der Waals surface area contributed by atoms with Crippen LogP contribution in [0.3, 0.4) is 0 Å². The first-order chi connectivity index (χ1) is 21.8. The molecule has 3 aliphatic heterocycles. The fourth-order valence-corrected chi connectivity index (χ4v) is 8.43. The van der Waals surface area contributed by atoms with Crippen molar-refractivity contribution in [2.24, 2.45) is 0 Å². The van der Waals surface area contributed by atoms with E-state index in [0.29, 0.717) is 13.0 Å². The lowest BCUT2D eigenvalue weighted by atomic mass is 9.87. The first-order valence-electron chi connectivity index (χ1n) is 15.7. The summed E-state index contributed by atoms with van der Waals surface area (Å²) in [6.45, 7) is 7.78. The number of benzene rings is 3. The van der Waals surface area contributed by atoms with E-state index < -0.39 is 45.9 Å². The second kappa shape index (κ2) is 12.4. The number of sulfonamides is 1. The zero-order chi connectivity index (χ0) is 32.8. The second-order valence-corrected chi connectivity index (χ2v) is 15.1. The van der Waals surface area contributed by atoms with Crippen LogP contribution in [0.4, 0.5) is 9.18 Å². The molecule has 0 bridgehead atoms. The fraction of sp³-hybridized carbons (Fsp3) is 0.429.